The molecule has 0 saturated carbocycles. The van der Waals surface area contributed by atoms with E-state index < -0.39 is 29.7 Å². The second kappa shape index (κ2) is 4.84. The molecule has 0 bridgehead atoms. The van der Waals surface area contributed by atoms with Crippen LogP contribution in [0.4, 0.5) is 0 Å². The van der Waals surface area contributed by atoms with Gasteiger partial charge in [0.25, 0.3) is 0 Å². The molecule has 0 aromatic carbocycles. The van der Waals surface area contributed by atoms with E-state index in [4.69, 9.17) is 9.84 Å². The Hall–Kier alpha value is -0.490. The average molecular weight is 206 g/mol. The smallest absolute Gasteiger partial charge is 0.164 e. The Kier molecular flexibility index (Phi) is 4.67. The van der Waals surface area contributed by atoms with E-state index >= 15 is 0 Å². The third kappa shape index (κ3) is 2.51. The van der Waals surface area contributed by atoms with Gasteiger partial charge >= 0.3 is 0 Å². The lowest BCUT2D eigenvalue weighted by molar-refractivity contribution is -0.172. The van der Waals surface area contributed by atoms with Gasteiger partial charge in [0.1, 0.15) is 12.2 Å². The zero-order valence-corrected chi connectivity index (χ0v) is 8.89. The van der Waals surface area contributed by atoms with E-state index in [0.29, 0.717) is 0 Å². The molecule has 0 radical (unpaired) electrons. The number of hydrogen-bond acceptors (Lipinski definition) is 5. The number of hydrogen-bond donors (Lipinski definition) is 3. The van der Waals surface area contributed by atoms with Crippen molar-refractivity contribution in [3.8, 4) is 0 Å². The van der Waals surface area contributed by atoms with E-state index in [-0.39, 0.29) is 0 Å². The first-order valence-corrected chi connectivity index (χ1v) is 4.37. The summed E-state index contributed by atoms with van der Waals surface area (Å²) in [5, 5.41) is 28.1. The largest absolute Gasteiger partial charge is 0.391 e. The molecule has 0 aromatic rings. The van der Waals surface area contributed by atoms with Crippen molar-refractivity contribution in [3.63, 3.8) is 0 Å². The monoisotopic (exact) mass is 206 g/mol. The topological polar surface area (TPSA) is 87.0 Å². The van der Waals surface area contributed by atoms with E-state index in [9.17, 15) is 15.0 Å². The highest BCUT2D eigenvalue weighted by molar-refractivity contribution is 5.85. The average Bonchev–Trinajstić information content (AvgIpc) is 2.13. The molecule has 0 aliphatic rings. The molecule has 0 saturated heterocycles. The molecular formula is C9H18O5. The van der Waals surface area contributed by atoms with Crippen molar-refractivity contribution in [2.24, 2.45) is 0 Å². The summed E-state index contributed by atoms with van der Waals surface area (Å²) in [4.78, 5) is 11.2. The van der Waals surface area contributed by atoms with Gasteiger partial charge in [-0.25, -0.2) is 0 Å². The number of ketones is 1. The minimum atomic E-state index is -1.49. The Morgan fingerprint density at radius 2 is 1.79 bits per heavy atom. The molecule has 0 spiro atoms. The number of methoxy groups -OCH3 is 1. The second-order valence-corrected chi connectivity index (χ2v) is 3.54. The first-order chi connectivity index (χ1) is 6.27. The fraction of sp³-hybridized carbons (Fsp3) is 0.889. The van der Waals surface area contributed by atoms with Crippen molar-refractivity contribution in [3.05, 3.63) is 0 Å². The van der Waals surface area contributed by atoms with Crippen LogP contribution in [-0.2, 0) is 9.53 Å². The molecule has 0 rings (SSSR count). The Morgan fingerprint density at radius 3 is 2.00 bits per heavy atom. The zero-order valence-electron chi connectivity index (χ0n) is 8.89. The van der Waals surface area contributed by atoms with E-state index in [1.807, 2.05) is 0 Å². The molecule has 5 nitrogen and oxygen atoms in total. The predicted octanol–water partition coefficient (Wildman–Crippen LogP) is -0.917. The molecule has 0 amide bonds. The fourth-order valence-electron chi connectivity index (χ4n) is 1.06. The number of rotatable bonds is 5. The van der Waals surface area contributed by atoms with Gasteiger partial charge in [-0.1, -0.05) is 0 Å². The highest BCUT2D eigenvalue weighted by Crippen LogP contribution is 2.20. The molecule has 0 heterocycles. The molecule has 0 unspecified atom stereocenters. The third-order valence-electron chi connectivity index (χ3n) is 2.51. The van der Waals surface area contributed by atoms with Gasteiger partial charge in [-0.3, -0.25) is 4.79 Å². The maximum Gasteiger partial charge on any atom is 0.164 e. The van der Waals surface area contributed by atoms with Crippen LogP contribution >= 0.6 is 0 Å². The first-order valence-electron chi connectivity index (χ1n) is 4.37. The molecule has 0 aliphatic heterocycles. The number of ether oxygens (including phenoxy) is 1. The van der Waals surface area contributed by atoms with Crippen LogP contribution in [-0.4, -0.2) is 52.1 Å². The lowest BCUT2D eigenvalue weighted by Gasteiger charge is -2.34. The lowest BCUT2D eigenvalue weighted by atomic mass is 9.89. The van der Waals surface area contributed by atoms with Gasteiger partial charge in [0.15, 0.2) is 11.4 Å². The van der Waals surface area contributed by atoms with Crippen LogP contribution in [0, 0.1) is 0 Å². The van der Waals surface area contributed by atoms with Gasteiger partial charge in [-0.2, -0.15) is 0 Å². The van der Waals surface area contributed by atoms with Gasteiger partial charge in [0.05, 0.1) is 6.10 Å². The number of aliphatic hydroxyl groups is 3. The molecule has 4 atom stereocenters. The summed E-state index contributed by atoms with van der Waals surface area (Å²) < 4.78 is 4.86. The Balaban J connectivity index is 4.78. The van der Waals surface area contributed by atoms with Crippen LogP contribution in [0.25, 0.3) is 0 Å². The standard InChI is InChI=1S/C9H18O5/c1-5(10)7(12)8(13)9(3,14-4)6(2)11/h5,7-8,10,12-13H,1-4H3/t5-,7-,8+,9-/m1/s1. The normalized spacial score (nSPS) is 22.2. The SMILES string of the molecule is CO[C@](C)(C(C)=O)[C@@H](O)[C@H](O)[C@@H](C)O. The summed E-state index contributed by atoms with van der Waals surface area (Å²) in [6.07, 6.45) is -3.99. The van der Waals surface area contributed by atoms with E-state index in [1.54, 1.807) is 0 Å². The summed E-state index contributed by atoms with van der Waals surface area (Å²) in [6.45, 7) is 3.94. The summed E-state index contributed by atoms with van der Waals surface area (Å²) in [5.74, 6) is -0.410. The summed E-state index contributed by atoms with van der Waals surface area (Å²) >= 11 is 0. The van der Waals surface area contributed by atoms with Crippen LogP contribution in [0.1, 0.15) is 20.8 Å². The molecule has 84 valence electrons. The first kappa shape index (κ1) is 13.5. The summed E-state index contributed by atoms with van der Waals surface area (Å²) in [7, 11) is 1.26. The molecule has 3 N–H and O–H groups in total. The third-order valence-corrected chi connectivity index (χ3v) is 2.51. The molecular weight excluding hydrogens is 188 g/mol. The van der Waals surface area contributed by atoms with Crippen LogP contribution in [0.3, 0.4) is 0 Å². The molecule has 0 aliphatic carbocycles. The molecule has 14 heavy (non-hydrogen) atoms. The van der Waals surface area contributed by atoms with Gasteiger partial charge in [-0.15, -0.1) is 0 Å². The van der Waals surface area contributed by atoms with E-state index in [1.165, 1.54) is 27.9 Å². The fourth-order valence-corrected chi connectivity index (χ4v) is 1.06. The Labute approximate surface area is 83.3 Å². The predicted molar refractivity (Wildman–Crippen MR) is 49.8 cm³/mol. The van der Waals surface area contributed by atoms with Gasteiger partial charge in [0.2, 0.25) is 0 Å². The number of carbonyl (C=O) groups excluding carboxylic acids is 1. The van der Waals surface area contributed by atoms with Crippen LogP contribution in [0.15, 0.2) is 0 Å². The second-order valence-electron chi connectivity index (χ2n) is 3.54. The quantitative estimate of drug-likeness (QED) is 0.541. The van der Waals surface area contributed by atoms with Crippen molar-refractivity contribution in [2.45, 2.75) is 44.7 Å². The molecule has 0 fully saturated rings. The minimum Gasteiger partial charge on any atom is -0.391 e. The number of Topliss-reactive ketones (excluding diaryl/α,β-unsaturated/α-hetero) is 1. The summed E-state index contributed by atoms with van der Waals surface area (Å²) in [5.41, 5.74) is -1.49. The van der Waals surface area contributed by atoms with Crippen LogP contribution in [0.5, 0.6) is 0 Å². The minimum absolute atomic E-state index is 0.410. The van der Waals surface area contributed by atoms with Crippen molar-refractivity contribution in [2.75, 3.05) is 7.11 Å². The van der Waals surface area contributed by atoms with E-state index in [0.717, 1.165) is 0 Å². The van der Waals surface area contributed by atoms with Gasteiger partial charge in [0, 0.05) is 7.11 Å². The highest BCUT2D eigenvalue weighted by Gasteiger charge is 2.43. The van der Waals surface area contributed by atoms with Crippen molar-refractivity contribution < 1.29 is 24.9 Å². The molecule has 0 aromatic heterocycles. The maximum atomic E-state index is 11.2. The van der Waals surface area contributed by atoms with Crippen LogP contribution in [0.2, 0.25) is 0 Å². The van der Waals surface area contributed by atoms with Gasteiger partial charge < -0.3 is 20.1 Å². The van der Waals surface area contributed by atoms with Crippen molar-refractivity contribution >= 4 is 5.78 Å². The zero-order chi connectivity index (χ0) is 11.5. The van der Waals surface area contributed by atoms with Gasteiger partial charge in [-0.05, 0) is 20.8 Å². The maximum absolute atomic E-state index is 11.2. The van der Waals surface area contributed by atoms with E-state index in [2.05, 4.69) is 0 Å². The lowest BCUT2D eigenvalue weighted by Crippen LogP contribution is -2.55. The highest BCUT2D eigenvalue weighted by atomic mass is 16.5. The number of aliphatic hydroxyl groups excluding tert-OH is 3. The molecule has 5 heteroatoms. The Bertz CT molecular complexity index is 203. The number of carbonyl (C=O) groups is 1. The van der Waals surface area contributed by atoms with Crippen molar-refractivity contribution in [1.29, 1.82) is 0 Å². The summed E-state index contributed by atoms with van der Waals surface area (Å²) in [6, 6.07) is 0. The van der Waals surface area contributed by atoms with Crippen LogP contribution < -0.4 is 0 Å². The Morgan fingerprint density at radius 1 is 1.36 bits per heavy atom. The van der Waals surface area contributed by atoms with Crippen molar-refractivity contribution in [1.82, 2.24) is 0 Å².